The van der Waals surface area contributed by atoms with Crippen molar-refractivity contribution in [2.45, 2.75) is 13.2 Å². The van der Waals surface area contributed by atoms with Gasteiger partial charge in [0.2, 0.25) is 0 Å². The molecule has 0 saturated carbocycles. The minimum atomic E-state index is -0.422. The molecule has 0 spiro atoms. The lowest BCUT2D eigenvalue weighted by molar-refractivity contribution is -0.123. The van der Waals surface area contributed by atoms with Gasteiger partial charge in [0.1, 0.15) is 6.61 Å². The van der Waals surface area contributed by atoms with Crippen molar-refractivity contribution in [1.82, 2.24) is 4.90 Å². The number of carbonyl (C=O) groups excluding carboxylic acids is 2. The first-order valence-electron chi connectivity index (χ1n) is 11.4. The molecule has 0 N–H and O–H groups in total. The number of hydrogen-bond acceptors (Lipinski definition) is 5. The molecule has 186 valence electrons. The average Bonchev–Trinajstić information content (AvgIpc) is 3.17. The lowest BCUT2D eigenvalue weighted by Crippen LogP contribution is -2.27. The van der Waals surface area contributed by atoms with Gasteiger partial charge in [-0.2, -0.15) is 0 Å². The van der Waals surface area contributed by atoms with E-state index in [1.54, 1.807) is 37.5 Å². The molecule has 8 heteroatoms. The molecular formula is C29H21Cl2NO4S. The second-order valence-corrected chi connectivity index (χ2v) is 10.1. The number of rotatable bonds is 7. The Hall–Kier alpha value is -3.45. The maximum atomic E-state index is 13.2. The van der Waals surface area contributed by atoms with Gasteiger partial charge >= 0.3 is 0 Å². The van der Waals surface area contributed by atoms with E-state index in [0.29, 0.717) is 39.3 Å². The summed E-state index contributed by atoms with van der Waals surface area (Å²) in [4.78, 5) is 27.4. The Morgan fingerprint density at radius 3 is 2.38 bits per heavy atom. The number of thioether (sulfide) groups is 1. The molecule has 5 nitrogen and oxygen atoms in total. The van der Waals surface area contributed by atoms with Crippen molar-refractivity contribution in [3.63, 3.8) is 0 Å². The van der Waals surface area contributed by atoms with Crippen LogP contribution in [0.5, 0.6) is 11.5 Å². The number of carbonyl (C=O) groups is 2. The van der Waals surface area contributed by atoms with Gasteiger partial charge in [-0.25, -0.2) is 0 Å². The number of ether oxygens (including phenoxy) is 2. The summed E-state index contributed by atoms with van der Waals surface area (Å²) in [5, 5.41) is 2.62. The van der Waals surface area contributed by atoms with Crippen LogP contribution in [0.4, 0.5) is 4.79 Å². The summed E-state index contributed by atoms with van der Waals surface area (Å²) in [5.41, 5.74) is 2.17. The van der Waals surface area contributed by atoms with Gasteiger partial charge in [0.15, 0.2) is 11.5 Å². The summed E-state index contributed by atoms with van der Waals surface area (Å²) in [6.07, 6.45) is 1.65. The van der Waals surface area contributed by atoms with Crippen LogP contribution >= 0.6 is 35.0 Å². The monoisotopic (exact) mass is 549 g/mol. The molecule has 5 rings (SSSR count). The maximum absolute atomic E-state index is 13.2. The number of para-hydroxylation sites is 1. The smallest absolute Gasteiger partial charge is 0.293 e. The van der Waals surface area contributed by atoms with Crippen LogP contribution in [0, 0.1) is 0 Å². The van der Waals surface area contributed by atoms with E-state index in [2.05, 4.69) is 18.2 Å². The van der Waals surface area contributed by atoms with Crippen molar-refractivity contribution >= 4 is 63.0 Å². The first-order chi connectivity index (χ1) is 18.0. The highest BCUT2D eigenvalue weighted by Gasteiger charge is 2.36. The van der Waals surface area contributed by atoms with Gasteiger partial charge < -0.3 is 9.47 Å². The van der Waals surface area contributed by atoms with E-state index in [-0.39, 0.29) is 11.4 Å². The number of halogens is 2. The normalized spacial score (nSPS) is 14.6. The van der Waals surface area contributed by atoms with E-state index in [9.17, 15) is 9.59 Å². The fourth-order valence-electron chi connectivity index (χ4n) is 4.15. The zero-order valence-electron chi connectivity index (χ0n) is 19.7. The Kier molecular flexibility index (Phi) is 7.42. The third-order valence-corrected chi connectivity index (χ3v) is 7.63. The molecular weight excluding hydrogens is 529 g/mol. The van der Waals surface area contributed by atoms with Crippen LogP contribution in [0.25, 0.3) is 16.8 Å². The first kappa shape index (κ1) is 25.2. The van der Waals surface area contributed by atoms with Gasteiger partial charge in [-0.3, -0.25) is 14.5 Å². The first-order valence-corrected chi connectivity index (χ1v) is 13.0. The summed E-state index contributed by atoms with van der Waals surface area (Å²) in [7, 11) is 1.56. The highest BCUT2D eigenvalue weighted by molar-refractivity contribution is 8.18. The fourth-order valence-corrected chi connectivity index (χ4v) is 5.50. The van der Waals surface area contributed by atoms with Gasteiger partial charge in [-0.1, -0.05) is 83.9 Å². The summed E-state index contributed by atoms with van der Waals surface area (Å²) in [6.45, 7) is 0.290. The number of methoxy groups -OCH3 is 1. The molecule has 2 amide bonds. The van der Waals surface area contributed by atoms with Crippen molar-refractivity contribution in [1.29, 1.82) is 0 Å². The molecule has 37 heavy (non-hydrogen) atoms. The Morgan fingerprint density at radius 2 is 1.59 bits per heavy atom. The minimum Gasteiger partial charge on any atom is -0.493 e. The molecule has 0 radical (unpaired) electrons. The lowest BCUT2D eigenvalue weighted by Gasteiger charge is -2.15. The second kappa shape index (κ2) is 10.9. The molecule has 0 bridgehead atoms. The molecule has 1 fully saturated rings. The molecule has 1 heterocycles. The van der Waals surface area contributed by atoms with Gasteiger partial charge in [0, 0.05) is 21.2 Å². The molecule has 1 aliphatic rings. The number of amides is 2. The molecule has 0 aromatic heterocycles. The van der Waals surface area contributed by atoms with Crippen LogP contribution in [-0.2, 0) is 17.9 Å². The van der Waals surface area contributed by atoms with Crippen LogP contribution < -0.4 is 9.47 Å². The van der Waals surface area contributed by atoms with Gasteiger partial charge in [0.05, 0.1) is 18.6 Å². The SMILES string of the molecule is COc1cccc(/C=C2\SC(=O)N(Cc3c(Cl)cccc3Cl)C2=O)c1OCc1cccc2ccccc12. The summed E-state index contributed by atoms with van der Waals surface area (Å²) < 4.78 is 11.8. The summed E-state index contributed by atoms with van der Waals surface area (Å²) in [5.74, 6) is 0.587. The van der Waals surface area contributed by atoms with Crippen LogP contribution in [0.2, 0.25) is 10.0 Å². The quantitative estimate of drug-likeness (QED) is 0.219. The fraction of sp³-hybridized carbons (Fsp3) is 0.103. The highest BCUT2D eigenvalue weighted by Crippen LogP contribution is 2.39. The topological polar surface area (TPSA) is 55.8 Å². The predicted octanol–water partition coefficient (Wildman–Crippen LogP) is 7.97. The van der Waals surface area contributed by atoms with Crippen molar-refractivity contribution < 1.29 is 19.1 Å². The highest BCUT2D eigenvalue weighted by atomic mass is 35.5. The van der Waals surface area contributed by atoms with Crippen LogP contribution in [-0.4, -0.2) is 23.2 Å². The van der Waals surface area contributed by atoms with Gasteiger partial charge in [-0.15, -0.1) is 0 Å². The van der Waals surface area contributed by atoms with Gasteiger partial charge in [-0.05, 0) is 52.4 Å². The van der Waals surface area contributed by atoms with Crippen LogP contribution in [0.15, 0.2) is 83.8 Å². The summed E-state index contributed by atoms with van der Waals surface area (Å²) in [6, 6.07) is 24.6. The lowest BCUT2D eigenvalue weighted by atomic mass is 10.1. The van der Waals surface area contributed by atoms with Crippen LogP contribution in [0.3, 0.4) is 0 Å². The Morgan fingerprint density at radius 1 is 0.892 bits per heavy atom. The largest absolute Gasteiger partial charge is 0.493 e. The molecule has 4 aromatic rings. The Labute approximate surface area is 228 Å². The second-order valence-electron chi connectivity index (χ2n) is 8.27. The molecule has 0 unspecified atom stereocenters. The minimum absolute atomic E-state index is 0.0109. The standard InChI is InChI=1S/C29H21Cl2NO4S/c1-35-25-14-5-9-19(27(25)36-17-20-10-4-8-18-7-2-3-11-21(18)20)15-26-28(33)32(29(34)37-26)16-22-23(30)12-6-13-24(22)31/h2-15H,16-17H2,1H3/b26-15-. The van der Waals surface area contributed by atoms with E-state index >= 15 is 0 Å². The number of fused-ring (bicyclic) bond motifs is 1. The average molecular weight is 550 g/mol. The molecule has 1 aliphatic heterocycles. The van der Waals surface area contributed by atoms with E-state index < -0.39 is 11.1 Å². The number of hydrogen-bond donors (Lipinski definition) is 0. The zero-order valence-corrected chi connectivity index (χ0v) is 22.1. The molecule has 0 atom stereocenters. The molecule has 1 saturated heterocycles. The summed E-state index contributed by atoms with van der Waals surface area (Å²) >= 11 is 13.4. The van der Waals surface area contributed by atoms with E-state index in [4.69, 9.17) is 32.7 Å². The van der Waals surface area contributed by atoms with Crippen molar-refractivity contribution in [3.05, 3.63) is 111 Å². The van der Waals surface area contributed by atoms with E-state index in [1.165, 1.54) is 0 Å². The van der Waals surface area contributed by atoms with Crippen molar-refractivity contribution in [2.24, 2.45) is 0 Å². The number of benzene rings is 4. The third kappa shape index (κ3) is 5.18. The predicted molar refractivity (Wildman–Crippen MR) is 149 cm³/mol. The Bertz CT molecular complexity index is 1530. The molecule has 0 aliphatic carbocycles. The maximum Gasteiger partial charge on any atom is 0.293 e. The van der Waals surface area contributed by atoms with E-state index in [0.717, 1.165) is 33.0 Å². The Balaban J connectivity index is 1.43. The van der Waals surface area contributed by atoms with E-state index in [1.807, 2.05) is 36.4 Å². The third-order valence-electron chi connectivity index (χ3n) is 6.02. The van der Waals surface area contributed by atoms with Gasteiger partial charge in [0.25, 0.3) is 11.1 Å². The van der Waals surface area contributed by atoms with Crippen molar-refractivity contribution in [3.8, 4) is 11.5 Å². The van der Waals surface area contributed by atoms with Crippen LogP contribution in [0.1, 0.15) is 16.7 Å². The van der Waals surface area contributed by atoms with Crippen molar-refractivity contribution in [2.75, 3.05) is 7.11 Å². The number of nitrogens with zero attached hydrogens (tertiary/aromatic N) is 1. The number of imide groups is 1. The molecule has 4 aromatic carbocycles. The zero-order chi connectivity index (χ0) is 25.9.